The summed E-state index contributed by atoms with van der Waals surface area (Å²) in [4.78, 5) is 31.5. The van der Waals surface area contributed by atoms with Gasteiger partial charge in [-0.3, -0.25) is 9.78 Å². The zero-order valence-electron chi connectivity index (χ0n) is 20.9. The Hall–Kier alpha value is -3.09. The van der Waals surface area contributed by atoms with Gasteiger partial charge in [0.25, 0.3) is 5.56 Å². The van der Waals surface area contributed by atoms with Crippen molar-refractivity contribution >= 4 is 27.8 Å². The molecular formula is C26H35N3O4. The maximum atomic E-state index is 13.0. The van der Waals surface area contributed by atoms with Crippen LogP contribution >= 0.6 is 0 Å². The zero-order chi connectivity index (χ0) is 24.5. The summed E-state index contributed by atoms with van der Waals surface area (Å²) >= 11 is 0. The van der Waals surface area contributed by atoms with Gasteiger partial charge in [-0.25, -0.2) is 4.79 Å². The third kappa shape index (κ3) is 5.46. The van der Waals surface area contributed by atoms with Crippen LogP contribution in [0.15, 0.2) is 35.3 Å². The summed E-state index contributed by atoms with van der Waals surface area (Å²) in [7, 11) is 3.51. The van der Waals surface area contributed by atoms with Crippen LogP contribution in [0.25, 0.3) is 21.7 Å². The van der Waals surface area contributed by atoms with E-state index >= 15 is 0 Å². The number of carbonyl (C=O) groups excluding carboxylic acids is 1. The molecule has 33 heavy (non-hydrogen) atoms. The SMILES string of the molecule is Cc1nccc2c1c(=O)n(C)c1cc(OC[C@H](CC(C)C)N(C)C(=O)OC(C)(C)C)ccc21. The first-order valence-electron chi connectivity index (χ1n) is 11.4. The minimum absolute atomic E-state index is 0.0809. The zero-order valence-corrected chi connectivity index (χ0v) is 20.9. The Balaban J connectivity index is 1.90. The van der Waals surface area contributed by atoms with Gasteiger partial charge in [-0.1, -0.05) is 13.8 Å². The fraction of sp³-hybridized carbons (Fsp3) is 0.500. The van der Waals surface area contributed by atoms with E-state index in [4.69, 9.17) is 9.47 Å². The van der Waals surface area contributed by atoms with Crippen LogP contribution in [-0.2, 0) is 11.8 Å². The van der Waals surface area contributed by atoms with Crippen molar-refractivity contribution in [3.63, 3.8) is 0 Å². The molecular weight excluding hydrogens is 418 g/mol. The summed E-state index contributed by atoms with van der Waals surface area (Å²) in [6.07, 6.45) is 2.14. The number of pyridine rings is 2. The van der Waals surface area contributed by atoms with Crippen LogP contribution in [0.4, 0.5) is 4.79 Å². The maximum absolute atomic E-state index is 13.0. The Bertz CT molecular complexity index is 1220. The average molecular weight is 454 g/mol. The van der Waals surface area contributed by atoms with Gasteiger partial charge in [-0.15, -0.1) is 0 Å². The van der Waals surface area contributed by atoms with Gasteiger partial charge in [-0.05, 0) is 63.6 Å². The maximum Gasteiger partial charge on any atom is 0.410 e. The number of aryl methyl sites for hydroxylation is 2. The lowest BCUT2D eigenvalue weighted by Crippen LogP contribution is -2.44. The average Bonchev–Trinajstić information content (AvgIpc) is 2.72. The molecule has 7 heteroatoms. The topological polar surface area (TPSA) is 73.7 Å². The van der Waals surface area contributed by atoms with Crippen molar-refractivity contribution < 1.29 is 14.3 Å². The van der Waals surface area contributed by atoms with E-state index in [0.29, 0.717) is 23.7 Å². The van der Waals surface area contributed by atoms with Crippen LogP contribution in [0, 0.1) is 12.8 Å². The molecule has 1 amide bonds. The van der Waals surface area contributed by atoms with Crippen molar-refractivity contribution in [2.75, 3.05) is 13.7 Å². The number of rotatable bonds is 6. The first-order chi connectivity index (χ1) is 15.4. The molecule has 0 saturated heterocycles. The van der Waals surface area contributed by atoms with Gasteiger partial charge in [0.1, 0.15) is 18.0 Å². The summed E-state index contributed by atoms with van der Waals surface area (Å²) in [6, 6.07) is 7.49. The molecule has 1 aromatic carbocycles. The number of nitrogens with zero attached hydrogens (tertiary/aromatic N) is 3. The number of ether oxygens (including phenoxy) is 2. The van der Waals surface area contributed by atoms with Crippen LogP contribution in [0.5, 0.6) is 5.75 Å². The van der Waals surface area contributed by atoms with Crippen molar-refractivity contribution in [1.82, 2.24) is 14.5 Å². The van der Waals surface area contributed by atoms with Gasteiger partial charge in [0, 0.05) is 31.7 Å². The molecule has 0 aliphatic rings. The number of carbonyl (C=O) groups is 1. The summed E-state index contributed by atoms with van der Waals surface area (Å²) in [6.45, 7) is 12.0. The molecule has 0 radical (unpaired) electrons. The van der Waals surface area contributed by atoms with Crippen molar-refractivity contribution in [3.8, 4) is 5.75 Å². The van der Waals surface area contributed by atoms with E-state index in [-0.39, 0.29) is 17.7 Å². The fourth-order valence-corrected chi connectivity index (χ4v) is 4.00. The second-order valence-electron chi connectivity index (χ2n) is 10.0. The van der Waals surface area contributed by atoms with Crippen LogP contribution in [0.3, 0.4) is 0 Å². The molecule has 7 nitrogen and oxygen atoms in total. The number of amides is 1. The van der Waals surface area contributed by atoms with E-state index in [1.165, 1.54) is 0 Å². The molecule has 0 unspecified atom stereocenters. The van der Waals surface area contributed by atoms with Gasteiger partial charge in [0.15, 0.2) is 0 Å². The van der Waals surface area contributed by atoms with E-state index < -0.39 is 5.60 Å². The van der Waals surface area contributed by atoms with Gasteiger partial charge >= 0.3 is 6.09 Å². The third-order valence-electron chi connectivity index (χ3n) is 5.69. The minimum Gasteiger partial charge on any atom is -0.491 e. The standard InChI is InChI=1S/C26H35N3O4/c1-16(2)13-18(28(7)25(31)33-26(4,5)6)15-32-19-9-10-20-21-11-12-27-17(3)23(21)24(30)29(8)22(20)14-19/h9-12,14,16,18H,13,15H2,1-8H3/t18-/m0/s1. The molecule has 2 aromatic heterocycles. The lowest BCUT2D eigenvalue weighted by atomic mass is 10.0. The number of hydrogen-bond acceptors (Lipinski definition) is 5. The minimum atomic E-state index is -0.561. The van der Waals surface area contributed by atoms with Crippen molar-refractivity contribution in [2.45, 2.75) is 59.6 Å². The molecule has 1 atom stereocenters. The summed E-state index contributed by atoms with van der Waals surface area (Å²) < 4.78 is 13.3. The predicted molar refractivity (Wildman–Crippen MR) is 132 cm³/mol. The van der Waals surface area contributed by atoms with E-state index in [0.717, 1.165) is 28.4 Å². The number of hydrogen-bond donors (Lipinski definition) is 0. The van der Waals surface area contributed by atoms with Gasteiger partial charge in [-0.2, -0.15) is 0 Å². The lowest BCUT2D eigenvalue weighted by molar-refractivity contribution is 0.0153. The van der Waals surface area contributed by atoms with Crippen molar-refractivity contribution in [1.29, 1.82) is 0 Å². The summed E-state index contributed by atoms with van der Waals surface area (Å²) in [5.74, 6) is 1.03. The first kappa shape index (κ1) is 24.6. The Morgan fingerprint density at radius 3 is 2.52 bits per heavy atom. The van der Waals surface area contributed by atoms with Crippen molar-refractivity contribution in [3.05, 3.63) is 46.5 Å². The highest BCUT2D eigenvalue weighted by atomic mass is 16.6. The predicted octanol–water partition coefficient (Wildman–Crippen LogP) is 5.06. The highest BCUT2D eigenvalue weighted by Gasteiger charge is 2.26. The van der Waals surface area contributed by atoms with Gasteiger partial charge in [0.05, 0.1) is 22.6 Å². The molecule has 0 fully saturated rings. The largest absolute Gasteiger partial charge is 0.491 e. The number of benzene rings is 1. The molecule has 0 aliphatic heterocycles. The highest BCUT2D eigenvalue weighted by molar-refractivity contribution is 6.06. The molecule has 3 aromatic rings. The van der Waals surface area contributed by atoms with Crippen LogP contribution in [0.1, 0.15) is 46.7 Å². The highest BCUT2D eigenvalue weighted by Crippen LogP contribution is 2.27. The van der Waals surface area contributed by atoms with Crippen LogP contribution < -0.4 is 10.3 Å². The fourth-order valence-electron chi connectivity index (χ4n) is 4.00. The molecule has 0 aliphatic carbocycles. The molecule has 0 spiro atoms. The number of aromatic nitrogens is 2. The Labute approximate surface area is 195 Å². The Kier molecular flexibility index (Phi) is 7.00. The molecule has 3 rings (SSSR count). The second-order valence-corrected chi connectivity index (χ2v) is 10.0. The van der Waals surface area contributed by atoms with E-state index in [2.05, 4.69) is 18.8 Å². The van der Waals surface area contributed by atoms with Gasteiger partial charge < -0.3 is 18.9 Å². The molecule has 178 valence electrons. The summed E-state index contributed by atoms with van der Waals surface area (Å²) in [5, 5.41) is 2.49. The van der Waals surface area contributed by atoms with Gasteiger partial charge in [0.2, 0.25) is 0 Å². The normalized spacial score (nSPS) is 12.9. The first-order valence-corrected chi connectivity index (χ1v) is 11.4. The van der Waals surface area contributed by atoms with E-state index in [1.54, 1.807) is 29.8 Å². The second kappa shape index (κ2) is 9.41. The summed E-state index contributed by atoms with van der Waals surface area (Å²) in [5.41, 5.74) is 0.866. The Morgan fingerprint density at radius 2 is 1.88 bits per heavy atom. The smallest absolute Gasteiger partial charge is 0.410 e. The molecule has 0 N–H and O–H groups in total. The molecule has 0 bridgehead atoms. The monoisotopic (exact) mass is 453 g/mol. The molecule has 2 heterocycles. The Morgan fingerprint density at radius 1 is 1.18 bits per heavy atom. The number of likely N-dealkylation sites (N-methyl/N-ethyl adjacent to an activating group) is 1. The third-order valence-corrected chi connectivity index (χ3v) is 5.69. The lowest BCUT2D eigenvalue weighted by Gasteiger charge is -2.31. The van der Waals surface area contributed by atoms with Crippen LogP contribution in [0.2, 0.25) is 0 Å². The van der Waals surface area contributed by atoms with E-state index in [1.807, 2.05) is 52.0 Å². The number of fused-ring (bicyclic) bond motifs is 3. The van der Waals surface area contributed by atoms with E-state index in [9.17, 15) is 9.59 Å². The quantitative estimate of drug-likeness (QED) is 0.488. The molecule has 0 saturated carbocycles. The van der Waals surface area contributed by atoms with Crippen molar-refractivity contribution in [2.24, 2.45) is 13.0 Å². The van der Waals surface area contributed by atoms with Crippen LogP contribution in [-0.4, -0.2) is 45.8 Å².